The van der Waals surface area contributed by atoms with Gasteiger partial charge in [0.1, 0.15) is 5.84 Å². The van der Waals surface area contributed by atoms with Crippen molar-refractivity contribution in [3.8, 4) is 0 Å². The van der Waals surface area contributed by atoms with Gasteiger partial charge in [-0.05, 0) is 19.1 Å². The summed E-state index contributed by atoms with van der Waals surface area (Å²) in [6, 6.07) is 12.8. The SMILES string of the molecule is CCOC(=O)NC1(C(F)(F)F)N=C(c2ccccc2)N(Cc2ccccn2)C1=O. The van der Waals surface area contributed by atoms with Gasteiger partial charge in [-0.25, -0.2) is 9.79 Å². The molecule has 1 N–H and O–H groups in total. The standard InChI is InChI=1S/C19H17F3N4O3/c1-2-29-17(28)25-18(19(20,21)22)16(27)26(12-14-10-6-7-11-23-14)15(24-18)13-8-4-3-5-9-13/h3-11H,2,12H2,1H3,(H,25,28). The van der Waals surface area contributed by atoms with Gasteiger partial charge in [0, 0.05) is 11.8 Å². The van der Waals surface area contributed by atoms with Crippen molar-refractivity contribution in [2.45, 2.75) is 25.3 Å². The quantitative estimate of drug-likeness (QED) is 0.828. The Morgan fingerprint density at radius 2 is 1.86 bits per heavy atom. The number of nitrogens with zero attached hydrogens (tertiary/aromatic N) is 3. The number of carbonyl (C=O) groups is 2. The fourth-order valence-corrected chi connectivity index (χ4v) is 2.82. The van der Waals surface area contributed by atoms with Crippen molar-refractivity contribution >= 4 is 17.8 Å². The summed E-state index contributed by atoms with van der Waals surface area (Å²) in [5.41, 5.74) is -2.84. The Morgan fingerprint density at radius 3 is 2.45 bits per heavy atom. The molecule has 152 valence electrons. The van der Waals surface area contributed by atoms with E-state index in [-0.39, 0.29) is 24.6 Å². The molecule has 10 heteroatoms. The van der Waals surface area contributed by atoms with E-state index in [0.29, 0.717) is 5.69 Å². The largest absolute Gasteiger partial charge is 0.450 e. The third kappa shape index (κ3) is 3.91. The van der Waals surface area contributed by atoms with Crippen LogP contribution in [-0.2, 0) is 16.1 Å². The summed E-state index contributed by atoms with van der Waals surface area (Å²) in [6.45, 7) is 1.01. The Bertz CT molecular complexity index is 919. The van der Waals surface area contributed by atoms with Crippen LogP contribution in [0.1, 0.15) is 18.2 Å². The Hall–Kier alpha value is -3.43. The maximum absolute atomic E-state index is 14.0. The first-order chi connectivity index (χ1) is 13.8. The predicted molar refractivity (Wildman–Crippen MR) is 96.7 cm³/mol. The number of amidine groups is 1. The lowest BCUT2D eigenvalue weighted by Crippen LogP contribution is -2.63. The molecule has 0 saturated heterocycles. The number of nitrogens with one attached hydrogen (secondary N) is 1. The third-order valence-electron chi connectivity index (χ3n) is 4.13. The number of halogens is 3. The second-order valence-electron chi connectivity index (χ2n) is 6.07. The van der Waals surface area contributed by atoms with Crippen LogP contribution in [0.15, 0.2) is 59.7 Å². The van der Waals surface area contributed by atoms with Crippen LogP contribution in [0.25, 0.3) is 0 Å². The van der Waals surface area contributed by atoms with Crippen LogP contribution in [-0.4, -0.2) is 46.2 Å². The summed E-state index contributed by atoms with van der Waals surface area (Å²) in [7, 11) is 0. The monoisotopic (exact) mass is 406 g/mol. The number of hydrogen-bond donors (Lipinski definition) is 1. The van der Waals surface area contributed by atoms with Gasteiger partial charge in [0.25, 0.3) is 5.91 Å². The van der Waals surface area contributed by atoms with Crippen LogP contribution >= 0.6 is 0 Å². The number of amides is 2. The first-order valence-corrected chi connectivity index (χ1v) is 8.67. The number of alkyl halides is 3. The van der Waals surface area contributed by atoms with Crippen molar-refractivity contribution in [3.63, 3.8) is 0 Å². The number of alkyl carbamates (subject to hydrolysis) is 1. The van der Waals surface area contributed by atoms with E-state index in [1.807, 2.05) is 0 Å². The van der Waals surface area contributed by atoms with E-state index in [1.165, 1.54) is 25.3 Å². The molecule has 0 saturated carbocycles. The molecule has 2 heterocycles. The van der Waals surface area contributed by atoms with Crippen LogP contribution in [0.3, 0.4) is 0 Å². The van der Waals surface area contributed by atoms with E-state index >= 15 is 0 Å². The normalized spacial score (nSPS) is 19.1. The van der Waals surface area contributed by atoms with Crippen molar-refractivity contribution in [1.82, 2.24) is 15.2 Å². The third-order valence-corrected chi connectivity index (χ3v) is 4.13. The van der Waals surface area contributed by atoms with Crippen LogP contribution in [0.4, 0.5) is 18.0 Å². The minimum Gasteiger partial charge on any atom is -0.450 e. The summed E-state index contributed by atoms with van der Waals surface area (Å²) in [6.07, 6.45) is -5.13. The topological polar surface area (TPSA) is 83.9 Å². The first-order valence-electron chi connectivity index (χ1n) is 8.67. The van der Waals surface area contributed by atoms with Crippen LogP contribution in [0, 0.1) is 0 Å². The highest BCUT2D eigenvalue weighted by molar-refractivity contribution is 6.16. The van der Waals surface area contributed by atoms with E-state index in [1.54, 1.807) is 41.7 Å². The fraction of sp³-hybridized carbons (Fsp3) is 0.263. The van der Waals surface area contributed by atoms with Gasteiger partial charge in [-0.2, -0.15) is 13.2 Å². The molecule has 0 spiro atoms. The van der Waals surface area contributed by atoms with E-state index in [9.17, 15) is 22.8 Å². The van der Waals surface area contributed by atoms with Crippen molar-refractivity contribution in [2.24, 2.45) is 4.99 Å². The lowest BCUT2D eigenvalue weighted by molar-refractivity contribution is -0.197. The molecule has 0 bridgehead atoms. The molecular weight excluding hydrogens is 389 g/mol. The van der Waals surface area contributed by atoms with E-state index in [4.69, 9.17) is 0 Å². The molecule has 0 fully saturated rings. The van der Waals surface area contributed by atoms with Crippen molar-refractivity contribution in [1.29, 1.82) is 0 Å². The number of pyridine rings is 1. The molecule has 29 heavy (non-hydrogen) atoms. The molecule has 0 radical (unpaired) electrons. The minimum absolute atomic E-state index is 0.166. The molecule has 1 unspecified atom stereocenters. The average molecular weight is 406 g/mol. The second kappa shape index (κ2) is 7.90. The smallest absolute Gasteiger partial charge is 0.442 e. The summed E-state index contributed by atoms with van der Waals surface area (Å²) in [5.74, 6) is -1.67. The molecular formula is C19H17F3N4O3. The van der Waals surface area contributed by atoms with Gasteiger partial charge in [-0.3, -0.25) is 20.0 Å². The number of aliphatic imine (C=N–C) groups is 1. The number of carbonyl (C=O) groups excluding carboxylic acids is 2. The molecule has 1 atom stereocenters. The van der Waals surface area contributed by atoms with Gasteiger partial charge in [0.05, 0.1) is 18.8 Å². The molecule has 1 aromatic heterocycles. The first kappa shape index (κ1) is 20.3. The van der Waals surface area contributed by atoms with E-state index < -0.39 is 23.8 Å². The lowest BCUT2D eigenvalue weighted by atomic mass is 10.1. The predicted octanol–water partition coefficient (Wildman–Crippen LogP) is 2.88. The molecule has 1 aliphatic rings. The van der Waals surface area contributed by atoms with Crippen LogP contribution < -0.4 is 5.32 Å². The number of rotatable bonds is 5. The second-order valence-corrected chi connectivity index (χ2v) is 6.07. The van der Waals surface area contributed by atoms with Gasteiger partial charge >= 0.3 is 17.9 Å². The summed E-state index contributed by atoms with van der Waals surface area (Å²) >= 11 is 0. The molecule has 1 aromatic carbocycles. The van der Waals surface area contributed by atoms with Gasteiger partial charge in [-0.1, -0.05) is 36.4 Å². The molecule has 2 aromatic rings. The van der Waals surface area contributed by atoms with Crippen molar-refractivity contribution in [2.75, 3.05) is 6.61 Å². The highest BCUT2D eigenvalue weighted by Crippen LogP contribution is 2.39. The zero-order valence-electron chi connectivity index (χ0n) is 15.3. The maximum Gasteiger partial charge on any atom is 0.442 e. The number of aromatic nitrogens is 1. The van der Waals surface area contributed by atoms with Gasteiger partial charge < -0.3 is 4.74 Å². The van der Waals surface area contributed by atoms with Crippen LogP contribution in [0.2, 0.25) is 0 Å². The summed E-state index contributed by atoms with van der Waals surface area (Å²) in [5, 5.41) is 1.61. The Balaban J connectivity index is 2.10. The van der Waals surface area contributed by atoms with Crippen molar-refractivity contribution in [3.05, 3.63) is 66.0 Å². The highest BCUT2D eigenvalue weighted by atomic mass is 19.4. The summed E-state index contributed by atoms with van der Waals surface area (Å²) < 4.78 is 46.6. The maximum atomic E-state index is 14.0. The van der Waals surface area contributed by atoms with Gasteiger partial charge in [0.2, 0.25) is 0 Å². The number of ether oxygens (including phenoxy) is 1. The van der Waals surface area contributed by atoms with Gasteiger partial charge in [0.15, 0.2) is 0 Å². The number of benzene rings is 1. The molecule has 3 rings (SSSR count). The lowest BCUT2D eigenvalue weighted by Gasteiger charge is -2.28. The Labute approximate surface area is 164 Å². The summed E-state index contributed by atoms with van der Waals surface area (Å²) in [4.78, 5) is 33.4. The Morgan fingerprint density at radius 1 is 1.17 bits per heavy atom. The van der Waals surface area contributed by atoms with E-state index in [2.05, 4.69) is 14.7 Å². The molecule has 1 aliphatic heterocycles. The zero-order valence-corrected chi connectivity index (χ0v) is 15.3. The molecule has 0 aliphatic carbocycles. The van der Waals surface area contributed by atoms with Gasteiger partial charge in [-0.15, -0.1) is 0 Å². The fourth-order valence-electron chi connectivity index (χ4n) is 2.82. The minimum atomic E-state index is -5.20. The number of hydrogen-bond acceptors (Lipinski definition) is 5. The van der Waals surface area contributed by atoms with Crippen molar-refractivity contribution < 1.29 is 27.5 Å². The molecule has 7 nitrogen and oxygen atoms in total. The Kier molecular flexibility index (Phi) is 5.53. The molecule has 2 amide bonds. The van der Waals surface area contributed by atoms with Crippen LogP contribution in [0.5, 0.6) is 0 Å². The average Bonchev–Trinajstić information content (AvgIpc) is 2.97. The van der Waals surface area contributed by atoms with E-state index in [0.717, 1.165) is 4.90 Å². The highest BCUT2D eigenvalue weighted by Gasteiger charge is 2.67. The zero-order chi connectivity index (χ0) is 21.1.